The van der Waals surface area contributed by atoms with Gasteiger partial charge in [0.05, 0.1) is 12.3 Å². The molecule has 0 aliphatic heterocycles. The van der Waals surface area contributed by atoms with Crippen molar-refractivity contribution in [1.29, 1.82) is 0 Å². The number of hydrogen-bond acceptors (Lipinski definition) is 6. The van der Waals surface area contributed by atoms with Gasteiger partial charge >= 0.3 is 0 Å². The van der Waals surface area contributed by atoms with E-state index in [4.69, 9.17) is 9.15 Å². The Labute approximate surface area is 118 Å². The van der Waals surface area contributed by atoms with Crippen molar-refractivity contribution in [3.63, 3.8) is 0 Å². The van der Waals surface area contributed by atoms with Gasteiger partial charge in [-0.3, -0.25) is 0 Å². The molecule has 6 heteroatoms. The fraction of sp³-hybridized carbons (Fsp3) is 0.500. The summed E-state index contributed by atoms with van der Waals surface area (Å²) in [5.41, 5.74) is 0.842. The van der Waals surface area contributed by atoms with Crippen LogP contribution in [0.2, 0.25) is 0 Å². The van der Waals surface area contributed by atoms with E-state index in [0.717, 1.165) is 11.5 Å². The average molecular weight is 276 g/mol. The van der Waals surface area contributed by atoms with Gasteiger partial charge in [-0.15, -0.1) is 0 Å². The second-order valence-corrected chi connectivity index (χ2v) is 5.01. The number of anilines is 1. The van der Waals surface area contributed by atoms with Crippen molar-refractivity contribution >= 4 is 5.95 Å². The second kappa shape index (κ2) is 5.90. The Bertz CT molecular complexity index is 580. The van der Waals surface area contributed by atoms with Crippen LogP contribution in [0.3, 0.4) is 0 Å². The van der Waals surface area contributed by atoms with Gasteiger partial charge in [0.2, 0.25) is 17.7 Å². The highest BCUT2D eigenvalue weighted by atomic mass is 16.5. The third kappa shape index (κ3) is 3.69. The molecule has 0 fully saturated rings. The van der Waals surface area contributed by atoms with Crippen LogP contribution in [0.4, 0.5) is 5.95 Å². The maximum absolute atomic E-state index is 5.60. The highest BCUT2D eigenvalue weighted by Crippen LogP contribution is 2.19. The lowest BCUT2D eigenvalue weighted by Crippen LogP contribution is -2.12. The van der Waals surface area contributed by atoms with E-state index in [0.29, 0.717) is 17.7 Å². The molecule has 6 nitrogen and oxygen atoms in total. The lowest BCUT2D eigenvalue weighted by Gasteiger charge is -2.13. The van der Waals surface area contributed by atoms with Crippen LogP contribution in [0.25, 0.3) is 0 Å². The van der Waals surface area contributed by atoms with E-state index < -0.39 is 0 Å². The fourth-order valence-corrected chi connectivity index (χ4v) is 1.73. The van der Waals surface area contributed by atoms with Crippen molar-refractivity contribution in [1.82, 2.24) is 15.0 Å². The van der Waals surface area contributed by atoms with E-state index in [1.807, 2.05) is 40.7 Å². The highest BCUT2D eigenvalue weighted by Gasteiger charge is 2.13. The molecule has 2 aromatic heterocycles. The first-order valence-corrected chi connectivity index (χ1v) is 6.65. The summed E-state index contributed by atoms with van der Waals surface area (Å²) in [6.07, 6.45) is 1.77. The molecule has 1 N–H and O–H groups in total. The topological polar surface area (TPSA) is 73.1 Å². The summed E-state index contributed by atoms with van der Waals surface area (Å²) in [4.78, 5) is 12.9. The first-order chi connectivity index (χ1) is 9.44. The summed E-state index contributed by atoms with van der Waals surface area (Å²) >= 11 is 0. The van der Waals surface area contributed by atoms with Gasteiger partial charge in [-0.25, -0.2) is 9.97 Å². The molecule has 2 heterocycles. The number of nitrogens with one attached hydrogen (secondary N) is 1. The number of hydrogen-bond donors (Lipinski definition) is 1. The van der Waals surface area contributed by atoms with Crippen LogP contribution in [-0.4, -0.2) is 21.1 Å². The van der Waals surface area contributed by atoms with Crippen LogP contribution in [-0.2, 0) is 0 Å². The van der Waals surface area contributed by atoms with Crippen LogP contribution in [0.5, 0.6) is 5.88 Å². The van der Waals surface area contributed by atoms with Crippen LogP contribution in [0, 0.1) is 13.8 Å². The van der Waals surface area contributed by atoms with Gasteiger partial charge in [0, 0.05) is 11.8 Å². The van der Waals surface area contributed by atoms with Gasteiger partial charge in [0.15, 0.2) is 0 Å². The van der Waals surface area contributed by atoms with E-state index in [9.17, 15) is 0 Å². The first-order valence-electron chi connectivity index (χ1n) is 6.65. The van der Waals surface area contributed by atoms with E-state index in [-0.39, 0.29) is 12.1 Å². The van der Waals surface area contributed by atoms with Crippen LogP contribution in [0.1, 0.15) is 44.2 Å². The molecule has 0 aromatic carbocycles. The number of rotatable bonds is 5. The lowest BCUT2D eigenvalue weighted by molar-refractivity contribution is 0.232. The summed E-state index contributed by atoms with van der Waals surface area (Å²) in [6.45, 7) is 9.63. The van der Waals surface area contributed by atoms with Crippen molar-refractivity contribution in [3.8, 4) is 5.88 Å². The van der Waals surface area contributed by atoms with Gasteiger partial charge in [-0.05, 0) is 34.6 Å². The lowest BCUT2D eigenvalue weighted by atomic mass is 10.3. The third-order valence-electron chi connectivity index (χ3n) is 2.54. The van der Waals surface area contributed by atoms with Gasteiger partial charge in [0.1, 0.15) is 11.8 Å². The summed E-state index contributed by atoms with van der Waals surface area (Å²) in [5.74, 6) is 2.45. The van der Waals surface area contributed by atoms with Crippen molar-refractivity contribution in [3.05, 3.63) is 29.6 Å². The van der Waals surface area contributed by atoms with Gasteiger partial charge in [-0.2, -0.15) is 4.98 Å². The van der Waals surface area contributed by atoms with Crippen molar-refractivity contribution in [2.45, 2.75) is 46.8 Å². The van der Waals surface area contributed by atoms with E-state index in [1.54, 1.807) is 6.20 Å². The first kappa shape index (κ1) is 14.3. The summed E-state index contributed by atoms with van der Waals surface area (Å²) in [5, 5.41) is 3.17. The van der Waals surface area contributed by atoms with Crippen LogP contribution >= 0.6 is 0 Å². The Morgan fingerprint density at radius 2 is 1.95 bits per heavy atom. The van der Waals surface area contributed by atoms with E-state index in [1.165, 1.54) is 0 Å². The predicted molar refractivity (Wildman–Crippen MR) is 75.8 cm³/mol. The molecule has 1 atom stereocenters. The Hall–Kier alpha value is -2.11. The molecule has 0 aliphatic carbocycles. The quantitative estimate of drug-likeness (QED) is 0.904. The van der Waals surface area contributed by atoms with Crippen LogP contribution < -0.4 is 10.1 Å². The van der Waals surface area contributed by atoms with Crippen molar-refractivity contribution in [2.24, 2.45) is 0 Å². The molecule has 20 heavy (non-hydrogen) atoms. The monoisotopic (exact) mass is 276 g/mol. The predicted octanol–water partition coefficient (Wildman–Crippen LogP) is 3.04. The Morgan fingerprint density at radius 3 is 2.55 bits per heavy atom. The SMILES string of the molecule is Cc1cc(OC(C)C)nc(NC(C)c2ncc(C)o2)n1. The van der Waals surface area contributed by atoms with E-state index >= 15 is 0 Å². The average Bonchev–Trinajstić information content (AvgIpc) is 2.74. The molecule has 0 saturated heterocycles. The minimum atomic E-state index is -0.114. The zero-order valence-corrected chi connectivity index (χ0v) is 12.5. The molecule has 0 bridgehead atoms. The summed E-state index contributed by atoms with van der Waals surface area (Å²) in [6, 6.07) is 1.70. The number of aryl methyl sites for hydroxylation is 2. The van der Waals surface area contributed by atoms with Crippen molar-refractivity contribution in [2.75, 3.05) is 5.32 Å². The molecule has 0 radical (unpaired) electrons. The minimum Gasteiger partial charge on any atom is -0.475 e. The Balaban J connectivity index is 2.14. The molecule has 2 aromatic rings. The maximum atomic E-state index is 5.60. The van der Waals surface area contributed by atoms with Gasteiger partial charge in [-0.1, -0.05) is 0 Å². The molecular formula is C14H20N4O2. The summed E-state index contributed by atoms with van der Waals surface area (Å²) < 4.78 is 11.1. The van der Waals surface area contributed by atoms with Crippen LogP contribution in [0.15, 0.2) is 16.7 Å². The molecule has 108 valence electrons. The van der Waals surface area contributed by atoms with Crippen molar-refractivity contribution < 1.29 is 9.15 Å². The van der Waals surface area contributed by atoms with Gasteiger partial charge in [0.25, 0.3) is 0 Å². The van der Waals surface area contributed by atoms with Gasteiger partial charge < -0.3 is 14.5 Å². The molecular weight excluding hydrogens is 256 g/mol. The second-order valence-electron chi connectivity index (χ2n) is 5.01. The number of nitrogens with zero attached hydrogens (tertiary/aromatic N) is 3. The summed E-state index contributed by atoms with van der Waals surface area (Å²) in [7, 11) is 0. The Morgan fingerprint density at radius 1 is 1.20 bits per heavy atom. The number of oxazole rings is 1. The van der Waals surface area contributed by atoms with E-state index in [2.05, 4.69) is 20.3 Å². The zero-order valence-electron chi connectivity index (χ0n) is 12.5. The molecule has 0 saturated carbocycles. The molecule has 0 amide bonds. The molecule has 0 aliphatic rings. The Kier molecular flexibility index (Phi) is 4.22. The third-order valence-corrected chi connectivity index (χ3v) is 2.54. The standard InChI is InChI=1S/C14H20N4O2/c1-8(2)19-12-6-9(3)16-14(18-12)17-11(5)13-15-7-10(4)20-13/h6-8,11H,1-5H3,(H,16,17,18). The zero-order chi connectivity index (χ0) is 14.7. The molecule has 2 rings (SSSR count). The molecule has 1 unspecified atom stereocenters. The normalized spacial score (nSPS) is 12.5. The minimum absolute atomic E-state index is 0.0731. The highest BCUT2D eigenvalue weighted by molar-refractivity contribution is 5.32. The number of aromatic nitrogens is 3. The maximum Gasteiger partial charge on any atom is 0.226 e. The fourth-order valence-electron chi connectivity index (χ4n) is 1.73. The smallest absolute Gasteiger partial charge is 0.226 e. The number of ether oxygens (including phenoxy) is 1. The largest absolute Gasteiger partial charge is 0.475 e. The molecule has 0 spiro atoms.